The first kappa shape index (κ1) is 15.4. The molecule has 0 heteroatoms. The molecular formula is C19H36. The fourth-order valence-electron chi connectivity index (χ4n) is 6.39. The fourth-order valence-corrected chi connectivity index (χ4v) is 6.39. The smallest absolute Gasteiger partial charge is 0.0184 e. The summed E-state index contributed by atoms with van der Waals surface area (Å²) in [7, 11) is 0. The van der Waals surface area contributed by atoms with Crippen molar-refractivity contribution in [1.82, 2.24) is 0 Å². The van der Waals surface area contributed by atoms with Crippen LogP contribution in [0, 0.1) is 51.8 Å². The topological polar surface area (TPSA) is 0 Å². The van der Waals surface area contributed by atoms with E-state index in [-0.39, 0.29) is 0 Å². The lowest BCUT2D eigenvalue weighted by molar-refractivity contribution is -0.255. The molecule has 7 unspecified atom stereocenters. The van der Waals surface area contributed by atoms with Gasteiger partial charge in [-0.2, -0.15) is 0 Å². The average molecular weight is 264 g/mol. The standard InChI is InChI=1S/C19H36/c1-11-12(2)14(4)17(6,7)19(10)16(13(11)3)15(5)18(19,8)9/h11-16H,1-10H3. The molecule has 0 radical (unpaired) electrons. The predicted octanol–water partition coefficient (Wildman–Crippen LogP) is 5.87. The summed E-state index contributed by atoms with van der Waals surface area (Å²) >= 11 is 0. The summed E-state index contributed by atoms with van der Waals surface area (Å²) in [6.45, 7) is 25.3. The molecule has 0 aromatic rings. The minimum absolute atomic E-state index is 0.423. The molecule has 0 aliphatic heterocycles. The van der Waals surface area contributed by atoms with E-state index in [1.165, 1.54) is 0 Å². The summed E-state index contributed by atoms with van der Waals surface area (Å²) in [5, 5.41) is 0. The van der Waals surface area contributed by atoms with E-state index >= 15 is 0 Å². The van der Waals surface area contributed by atoms with Gasteiger partial charge in [-0.15, -0.1) is 0 Å². The molecule has 2 aliphatic carbocycles. The molecule has 0 N–H and O–H groups in total. The average Bonchev–Trinajstić information content (AvgIpc) is 2.37. The Morgan fingerprint density at radius 2 is 0.947 bits per heavy atom. The summed E-state index contributed by atoms with van der Waals surface area (Å²) in [6, 6.07) is 0. The lowest BCUT2D eigenvalue weighted by Gasteiger charge is -2.73. The zero-order valence-electron chi connectivity index (χ0n) is 15.0. The van der Waals surface area contributed by atoms with Gasteiger partial charge in [0.1, 0.15) is 0 Å². The maximum absolute atomic E-state index is 2.61. The lowest BCUT2D eigenvalue weighted by Crippen LogP contribution is -2.68. The van der Waals surface area contributed by atoms with Crippen LogP contribution in [0.15, 0.2) is 0 Å². The van der Waals surface area contributed by atoms with Crippen molar-refractivity contribution < 1.29 is 0 Å². The van der Waals surface area contributed by atoms with Gasteiger partial charge in [0.05, 0.1) is 0 Å². The first-order valence-corrected chi connectivity index (χ1v) is 8.42. The predicted molar refractivity (Wildman–Crippen MR) is 85.0 cm³/mol. The van der Waals surface area contributed by atoms with Gasteiger partial charge in [-0.25, -0.2) is 0 Å². The highest BCUT2D eigenvalue weighted by molar-refractivity contribution is 5.19. The molecule has 0 aromatic heterocycles. The van der Waals surface area contributed by atoms with Crippen LogP contribution in [0.4, 0.5) is 0 Å². The highest BCUT2D eigenvalue weighted by atomic mass is 14.8. The van der Waals surface area contributed by atoms with E-state index < -0.39 is 0 Å². The summed E-state index contributed by atoms with van der Waals surface area (Å²) < 4.78 is 0. The monoisotopic (exact) mass is 264 g/mol. The fraction of sp³-hybridized carbons (Fsp3) is 1.00. The van der Waals surface area contributed by atoms with Crippen molar-refractivity contribution in [2.24, 2.45) is 51.8 Å². The zero-order chi connectivity index (χ0) is 15.0. The third-order valence-electron chi connectivity index (χ3n) is 9.17. The lowest BCUT2D eigenvalue weighted by atomic mass is 9.31. The maximum atomic E-state index is 2.61. The highest BCUT2D eigenvalue weighted by Gasteiger charge is 2.71. The van der Waals surface area contributed by atoms with Crippen molar-refractivity contribution >= 4 is 0 Å². The SMILES string of the molecule is CC1C(C)C(C)C(C)(C)C2(C)C(C1C)C(C)C2(C)C. The highest BCUT2D eigenvalue weighted by Crippen LogP contribution is 2.76. The second-order valence-corrected chi connectivity index (χ2v) is 9.33. The van der Waals surface area contributed by atoms with Crippen molar-refractivity contribution in [3.63, 3.8) is 0 Å². The number of hydrogen-bond acceptors (Lipinski definition) is 0. The van der Waals surface area contributed by atoms with Crippen LogP contribution in [0.5, 0.6) is 0 Å². The van der Waals surface area contributed by atoms with Gasteiger partial charge < -0.3 is 0 Å². The van der Waals surface area contributed by atoms with E-state index in [1.54, 1.807) is 0 Å². The molecule has 0 bridgehead atoms. The van der Waals surface area contributed by atoms with Gasteiger partial charge in [0.15, 0.2) is 0 Å². The first-order valence-electron chi connectivity index (χ1n) is 8.42. The molecule has 0 nitrogen and oxygen atoms in total. The van der Waals surface area contributed by atoms with E-state index in [1.807, 2.05) is 0 Å². The van der Waals surface area contributed by atoms with E-state index in [9.17, 15) is 0 Å². The molecule has 0 heterocycles. The van der Waals surface area contributed by atoms with Crippen LogP contribution in [0.2, 0.25) is 0 Å². The van der Waals surface area contributed by atoms with Crippen LogP contribution in [0.3, 0.4) is 0 Å². The molecular weight excluding hydrogens is 228 g/mol. The van der Waals surface area contributed by atoms with Crippen molar-refractivity contribution in [3.05, 3.63) is 0 Å². The molecule has 2 aliphatic rings. The summed E-state index contributed by atoms with van der Waals surface area (Å²) in [5.74, 6) is 5.07. The number of rotatable bonds is 0. The van der Waals surface area contributed by atoms with Gasteiger partial charge in [-0.1, -0.05) is 69.2 Å². The molecule has 112 valence electrons. The molecule has 2 saturated carbocycles. The van der Waals surface area contributed by atoms with Crippen LogP contribution < -0.4 is 0 Å². The molecule has 0 spiro atoms. The van der Waals surface area contributed by atoms with E-state index in [2.05, 4.69) is 69.2 Å². The normalized spacial score (nSPS) is 55.9. The van der Waals surface area contributed by atoms with Crippen LogP contribution >= 0.6 is 0 Å². The third kappa shape index (κ3) is 1.47. The summed E-state index contributed by atoms with van der Waals surface area (Å²) in [6.07, 6.45) is 0. The van der Waals surface area contributed by atoms with Gasteiger partial charge in [-0.05, 0) is 51.8 Å². The van der Waals surface area contributed by atoms with E-state index in [4.69, 9.17) is 0 Å². The van der Waals surface area contributed by atoms with Gasteiger partial charge in [-0.3, -0.25) is 0 Å². The second kappa shape index (κ2) is 4.01. The molecule has 7 atom stereocenters. The van der Waals surface area contributed by atoms with Crippen molar-refractivity contribution in [1.29, 1.82) is 0 Å². The van der Waals surface area contributed by atoms with Crippen LogP contribution in [-0.2, 0) is 0 Å². The molecule has 0 saturated heterocycles. The third-order valence-corrected chi connectivity index (χ3v) is 9.17. The largest absolute Gasteiger partial charge is 0.0620 e. The molecule has 2 fully saturated rings. The van der Waals surface area contributed by atoms with Crippen molar-refractivity contribution in [2.75, 3.05) is 0 Å². The van der Waals surface area contributed by atoms with E-state index in [0.717, 1.165) is 35.5 Å². The Balaban J connectivity index is 2.59. The Bertz CT molecular complexity index is 364. The molecule has 0 amide bonds. The maximum Gasteiger partial charge on any atom is -0.0184 e. The van der Waals surface area contributed by atoms with Gasteiger partial charge in [0.2, 0.25) is 0 Å². The second-order valence-electron chi connectivity index (χ2n) is 9.33. The van der Waals surface area contributed by atoms with Crippen LogP contribution in [0.1, 0.15) is 69.2 Å². The van der Waals surface area contributed by atoms with Crippen molar-refractivity contribution in [2.45, 2.75) is 69.2 Å². The quantitative estimate of drug-likeness (QED) is 0.513. The number of hydrogen-bond donors (Lipinski definition) is 0. The van der Waals surface area contributed by atoms with Crippen LogP contribution in [0.25, 0.3) is 0 Å². The van der Waals surface area contributed by atoms with Gasteiger partial charge >= 0.3 is 0 Å². The first-order chi connectivity index (χ1) is 8.42. The van der Waals surface area contributed by atoms with Gasteiger partial charge in [0.25, 0.3) is 0 Å². The van der Waals surface area contributed by atoms with Gasteiger partial charge in [0, 0.05) is 0 Å². The Morgan fingerprint density at radius 1 is 0.526 bits per heavy atom. The minimum atomic E-state index is 0.423. The molecule has 19 heavy (non-hydrogen) atoms. The van der Waals surface area contributed by atoms with Crippen molar-refractivity contribution in [3.8, 4) is 0 Å². The minimum Gasteiger partial charge on any atom is -0.0620 e. The summed E-state index contributed by atoms with van der Waals surface area (Å²) in [4.78, 5) is 0. The Hall–Kier alpha value is 0. The van der Waals surface area contributed by atoms with Crippen LogP contribution in [-0.4, -0.2) is 0 Å². The van der Waals surface area contributed by atoms with E-state index in [0.29, 0.717) is 16.2 Å². The zero-order valence-corrected chi connectivity index (χ0v) is 15.0. The Morgan fingerprint density at radius 3 is 1.42 bits per heavy atom. The Kier molecular flexibility index (Phi) is 3.25. The summed E-state index contributed by atoms with van der Waals surface area (Å²) in [5.41, 5.74) is 1.36. The molecule has 0 aromatic carbocycles. The Labute approximate surface area is 121 Å². The molecule has 2 rings (SSSR count). The number of fused-ring (bicyclic) bond motifs is 1.